The monoisotopic (exact) mass is 485 g/mol. The Hall–Kier alpha value is -2.06. The molecular formula is C23H24BrN3O2S. The average molecular weight is 486 g/mol. The summed E-state index contributed by atoms with van der Waals surface area (Å²) in [6, 6.07) is 14.3. The van der Waals surface area contributed by atoms with Crippen molar-refractivity contribution in [1.82, 2.24) is 9.88 Å². The highest BCUT2D eigenvalue weighted by atomic mass is 79.9. The predicted octanol–water partition coefficient (Wildman–Crippen LogP) is 4.89. The summed E-state index contributed by atoms with van der Waals surface area (Å²) in [5.74, 6) is -0.0662. The fourth-order valence-corrected chi connectivity index (χ4v) is 4.54. The van der Waals surface area contributed by atoms with Crippen molar-refractivity contribution < 1.29 is 9.53 Å². The summed E-state index contributed by atoms with van der Waals surface area (Å²) in [6.45, 7) is 6.56. The van der Waals surface area contributed by atoms with Crippen molar-refractivity contribution >= 4 is 38.9 Å². The number of carbonyl (C=O) groups is 1. The first-order valence-corrected chi connectivity index (χ1v) is 11.6. The molecule has 0 radical (unpaired) electrons. The Balaban J connectivity index is 1.35. The Morgan fingerprint density at radius 3 is 2.70 bits per heavy atom. The fourth-order valence-electron chi connectivity index (χ4n) is 3.33. The first-order chi connectivity index (χ1) is 14.6. The summed E-state index contributed by atoms with van der Waals surface area (Å²) >= 11 is 5.07. The van der Waals surface area contributed by atoms with Crippen LogP contribution in [0.25, 0.3) is 10.6 Å². The minimum absolute atomic E-state index is 0.0662. The molecule has 0 spiro atoms. The van der Waals surface area contributed by atoms with Crippen molar-refractivity contribution in [3.8, 4) is 10.6 Å². The third kappa shape index (κ3) is 5.55. The molecule has 1 amide bonds. The number of nitrogens with zero attached hydrogens (tertiary/aromatic N) is 2. The van der Waals surface area contributed by atoms with Crippen LogP contribution in [-0.4, -0.2) is 42.1 Å². The van der Waals surface area contributed by atoms with Gasteiger partial charge in [0.05, 0.1) is 25.3 Å². The molecule has 0 aliphatic carbocycles. The van der Waals surface area contributed by atoms with Crippen LogP contribution in [-0.2, 0) is 22.5 Å². The third-order valence-corrected chi connectivity index (χ3v) is 6.85. The molecule has 0 bridgehead atoms. The number of anilines is 1. The van der Waals surface area contributed by atoms with Crippen molar-refractivity contribution in [3.05, 3.63) is 69.1 Å². The Labute approximate surface area is 189 Å². The number of aromatic nitrogens is 1. The van der Waals surface area contributed by atoms with E-state index in [1.54, 1.807) is 11.3 Å². The number of halogens is 1. The van der Waals surface area contributed by atoms with E-state index in [4.69, 9.17) is 4.74 Å². The molecule has 1 aliphatic rings. The SMILES string of the molecule is Cc1ccc(NC(=O)Cc2csc(-c3ccc(CN4CCOCC4)cc3)n2)cc1Br. The molecule has 1 aromatic heterocycles. The highest BCUT2D eigenvalue weighted by Gasteiger charge is 2.12. The van der Waals surface area contributed by atoms with Crippen molar-refractivity contribution in [1.29, 1.82) is 0 Å². The van der Waals surface area contributed by atoms with Gasteiger partial charge >= 0.3 is 0 Å². The molecule has 1 saturated heterocycles. The Kier molecular flexibility index (Phi) is 6.94. The van der Waals surface area contributed by atoms with Gasteiger partial charge < -0.3 is 10.1 Å². The summed E-state index contributed by atoms with van der Waals surface area (Å²) < 4.78 is 6.39. The molecule has 1 aliphatic heterocycles. The zero-order chi connectivity index (χ0) is 20.9. The van der Waals surface area contributed by atoms with Crippen molar-refractivity contribution in [2.45, 2.75) is 19.9 Å². The van der Waals surface area contributed by atoms with Gasteiger partial charge in [0.15, 0.2) is 0 Å². The maximum atomic E-state index is 12.4. The second-order valence-electron chi connectivity index (χ2n) is 7.42. The molecule has 4 rings (SSSR count). The van der Waals surface area contributed by atoms with Gasteiger partial charge in [-0.25, -0.2) is 4.98 Å². The largest absolute Gasteiger partial charge is 0.379 e. The smallest absolute Gasteiger partial charge is 0.230 e. The van der Waals surface area contributed by atoms with Gasteiger partial charge in [0, 0.05) is 40.7 Å². The van der Waals surface area contributed by atoms with Gasteiger partial charge in [0.2, 0.25) is 5.91 Å². The van der Waals surface area contributed by atoms with Gasteiger partial charge in [-0.05, 0) is 30.2 Å². The van der Waals surface area contributed by atoms with Gasteiger partial charge in [-0.2, -0.15) is 0 Å². The second kappa shape index (κ2) is 9.83. The summed E-state index contributed by atoms with van der Waals surface area (Å²) in [4.78, 5) is 19.5. The highest BCUT2D eigenvalue weighted by Crippen LogP contribution is 2.25. The Morgan fingerprint density at radius 2 is 1.97 bits per heavy atom. The van der Waals surface area contributed by atoms with Crippen LogP contribution in [0, 0.1) is 6.92 Å². The van der Waals surface area contributed by atoms with Crippen LogP contribution >= 0.6 is 27.3 Å². The van der Waals surface area contributed by atoms with Gasteiger partial charge in [-0.15, -0.1) is 11.3 Å². The lowest BCUT2D eigenvalue weighted by Crippen LogP contribution is -2.35. The number of carbonyl (C=O) groups excluding carboxylic acids is 1. The van der Waals surface area contributed by atoms with Crippen molar-refractivity contribution in [3.63, 3.8) is 0 Å². The summed E-state index contributed by atoms with van der Waals surface area (Å²) in [5.41, 5.74) is 5.08. The van der Waals surface area contributed by atoms with E-state index in [2.05, 4.69) is 55.4 Å². The van der Waals surface area contributed by atoms with Gasteiger partial charge in [0.25, 0.3) is 0 Å². The minimum atomic E-state index is -0.0662. The molecule has 30 heavy (non-hydrogen) atoms. The molecule has 2 aromatic carbocycles. The molecule has 0 atom stereocenters. The van der Waals surface area contributed by atoms with Crippen molar-refractivity contribution in [2.24, 2.45) is 0 Å². The van der Waals surface area contributed by atoms with E-state index >= 15 is 0 Å². The molecule has 0 saturated carbocycles. The van der Waals surface area contributed by atoms with Crippen molar-refractivity contribution in [2.75, 3.05) is 31.6 Å². The number of hydrogen-bond acceptors (Lipinski definition) is 5. The number of hydrogen-bond donors (Lipinski definition) is 1. The van der Waals surface area contributed by atoms with E-state index in [9.17, 15) is 4.79 Å². The number of amides is 1. The maximum absolute atomic E-state index is 12.4. The molecule has 1 N–H and O–H groups in total. The first kappa shape index (κ1) is 21.2. The van der Waals surface area contributed by atoms with Crippen LogP contribution in [0.3, 0.4) is 0 Å². The Bertz CT molecular complexity index is 1010. The van der Waals surface area contributed by atoms with Crippen LogP contribution in [0.1, 0.15) is 16.8 Å². The number of aryl methyl sites for hydroxylation is 1. The molecule has 3 aromatic rings. The number of morpholine rings is 1. The molecule has 5 nitrogen and oxygen atoms in total. The summed E-state index contributed by atoms with van der Waals surface area (Å²) in [6.07, 6.45) is 0.261. The quantitative estimate of drug-likeness (QED) is 0.539. The third-order valence-electron chi connectivity index (χ3n) is 5.06. The lowest BCUT2D eigenvalue weighted by atomic mass is 10.1. The van der Waals surface area contributed by atoms with Crippen LogP contribution in [0.2, 0.25) is 0 Å². The van der Waals surface area contributed by atoms with Crippen LogP contribution in [0.5, 0.6) is 0 Å². The van der Waals surface area contributed by atoms with E-state index in [0.717, 1.165) is 64.8 Å². The van der Waals surface area contributed by atoms with Crippen LogP contribution < -0.4 is 5.32 Å². The molecular weight excluding hydrogens is 462 g/mol. The van der Waals surface area contributed by atoms with Gasteiger partial charge in [-0.3, -0.25) is 9.69 Å². The molecule has 156 valence electrons. The standard InChI is InChI=1S/C23H24BrN3O2S/c1-16-2-7-19(12-21(16)24)25-22(28)13-20-15-30-23(26-20)18-5-3-17(4-6-18)14-27-8-10-29-11-9-27/h2-7,12,15H,8-11,13-14H2,1H3,(H,25,28). The highest BCUT2D eigenvalue weighted by molar-refractivity contribution is 9.10. The normalized spacial score (nSPS) is 14.6. The Morgan fingerprint density at radius 1 is 1.20 bits per heavy atom. The number of thiazole rings is 1. The van der Waals surface area contributed by atoms with E-state index < -0.39 is 0 Å². The molecule has 1 fully saturated rings. The van der Waals surface area contributed by atoms with E-state index in [-0.39, 0.29) is 12.3 Å². The second-order valence-corrected chi connectivity index (χ2v) is 9.13. The number of ether oxygens (including phenoxy) is 1. The number of nitrogens with one attached hydrogen (secondary N) is 1. The fraction of sp³-hybridized carbons (Fsp3) is 0.304. The lowest BCUT2D eigenvalue weighted by Gasteiger charge is -2.26. The van der Waals surface area contributed by atoms with Crippen LogP contribution in [0.4, 0.5) is 5.69 Å². The average Bonchev–Trinajstić information content (AvgIpc) is 3.20. The topological polar surface area (TPSA) is 54.5 Å². The predicted molar refractivity (Wildman–Crippen MR) is 125 cm³/mol. The molecule has 2 heterocycles. The lowest BCUT2D eigenvalue weighted by molar-refractivity contribution is -0.115. The van der Waals surface area contributed by atoms with E-state index in [0.29, 0.717) is 0 Å². The zero-order valence-electron chi connectivity index (χ0n) is 16.9. The zero-order valence-corrected chi connectivity index (χ0v) is 19.3. The maximum Gasteiger partial charge on any atom is 0.230 e. The first-order valence-electron chi connectivity index (χ1n) is 9.96. The van der Waals surface area contributed by atoms with E-state index in [1.165, 1.54) is 5.56 Å². The van der Waals surface area contributed by atoms with Gasteiger partial charge in [0.1, 0.15) is 5.01 Å². The van der Waals surface area contributed by atoms with E-state index in [1.807, 2.05) is 30.5 Å². The minimum Gasteiger partial charge on any atom is -0.379 e. The van der Waals surface area contributed by atoms with Crippen LogP contribution in [0.15, 0.2) is 52.3 Å². The van der Waals surface area contributed by atoms with Gasteiger partial charge in [-0.1, -0.05) is 46.3 Å². The summed E-state index contributed by atoms with van der Waals surface area (Å²) in [7, 11) is 0. The molecule has 7 heteroatoms. The number of benzene rings is 2. The summed E-state index contributed by atoms with van der Waals surface area (Å²) in [5, 5.41) is 5.83. The molecule has 0 unspecified atom stereocenters. The number of rotatable bonds is 6.